The molecule has 1 aliphatic heterocycles. The lowest BCUT2D eigenvalue weighted by molar-refractivity contribution is -0.153. The second-order valence-electron chi connectivity index (χ2n) is 6.48. The maximum Gasteiger partial charge on any atom is 0.340 e. The minimum Gasteiger partial charge on any atom is -0.463 e. The fourth-order valence-electron chi connectivity index (χ4n) is 3.07. The number of rotatable bonds is 7. The first kappa shape index (κ1) is 21.1. The van der Waals surface area contributed by atoms with E-state index in [1.165, 1.54) is 0 Å². The summed E-state index contributed by atoms with van der Waals surface area (Å²) in [5.74, 6) is -1.55. The smallest absolute Gasteiger partial charge is 0.340 e. The number of carbonyl (C=O) groups is 3. The van der Waals surface area contributed by atoms with Crippen LogP contribution in [-0.2, 0) is 19.1 Å². The van der Waals surface area contributed by atoms with Gasteiger partial charge in [0, 0.05) is 0 Å². The van der Waals surface area contributed by atoms with Crippen molar-refractivity contribution in [3.8, 4) is 0 Å². The van der Waals surface area contributed by atoms with E-state index in [9.17, 15) is 19.5 Å². The Labute approximate surface area is 173 Å². The molecule has 0 saturated carbocycles. The van der Waals surface area contributed by atoms with Crippen molar-refractivity contribution in [2.24, 2.45) is 0 Å². The Morgan fingerprint density at radius 1 is 1.03 bits per heavy atom. The molecule has 0 fully saturated rings. The molecule has 0 saturated heterocycles. The van der Waals surface area contributed by atoms with Crippen LogP contribution in [0.3, 0.4) is 0 Å². The van der Waals surface area contributed by atoms with Crippen molar-refractivity contribution in [2.75, 3.05) is 13.2 Å². The summed E-state index contributed by atoms with van der Waals surface area (Å²) in [4.78, 5) is 37.1. The molecule has 2 amide bonds. The number of hydrogen-bond donors (Lipinski definition) is 3. The average Bonchev–Trinajstić information content (AvgIpc) is 2.77. The monoisotopic (exact) mass is 410 g/mol. The Morgan fingerprint density at radius 2 is 1.67 bits per heavy atom. The maximum atomic E-state index is 12.6. The van der Waals surface area contributed by atoms with Gasteiger partial charge in [-0.2, -0.15) is 0 Å². The summed E-state index contributed by atoms with van der Waals surface area (Å²) in [6.07, 6.45) is -1.49. The van der Waals surface area contributed by atoms with Gasteiger partial charge in [-0.3, -0.25) is 0 Å². The van der Waals surface area contributed by atoms with Gasteiger partial charge in [0.05, 0.1) is 23.9 Å². The first-order chi connectivity index (χ1) is 14.5. The van der Waals surface area contributed by atoms with E-state index >= 15 is 0 Å². The van der Waals surface area contributed by atoms with Gasteiger partial charge in [-0.1, -0.05) is 60.7 Å². The molecule has 2 atom stereocenters. The van der Waals surface area contributed by atoms with E-state index in [-0.39, 0.29) is 17.9 Å². The van der Waals surface area contributed by atoms with Crippen molar-refractivity contribution < 1.29 is 29.0 Å². The second kappa shape index (κ2) is 9.71. The molecule has 0 spiro atoms. The van der Waals surface area contributed by atoms with Gasteiger partial charge in [0.25, 0.3) is 0 Å². The van der Waals surface area contributed by atoms with Crippen LogP contribution in [0.2, 0.25) is 0 Å². The minimum atomic E-state index is -1.49. The van der Waals surface area contributed by atoms with Crippen molar-refractivity contribution in [1.82, 2.24) is 10.6 Å². The van der Waals surface area contributed by atoms with Crippen LogP contribution in [0.1, 0.15) is 30.2 Å². The predicted molar refractivity (Wildman–Crippen MR) is 107 cm³/mol. The lowest BCUT2D eigenvalue weighted by Crippen LogP contribution is -2.47. The Balaban J connectivity index is 1.86. The molecule has 2 aromatic rings. The number of aliphatic hydroxyl groups is 1. The number of esters is 2. The molecular formula is C22H22N2O6. The van der Waals surface area contributed by atoms with E-state index in [1.807, 2.05) is 6.07 Å². The number of benzene rings is 2. The molecule has 1 aliphatic rings. The third kappa shape index (κ3) is 4.84. The van der Waals surface area contributed by atoms with Gasteiger partial charge in [-0.25, -0.2) is 14.4 Å². The van der Waals surface area contributed by atoms with E-state index in [1.54, 1.807) is 61.5 Å². The fraction of sp³-hybridized carbons (Fsp3) is 0.227. The molecule has 0 unspecified atom stereocenters. The number of ether oxygens (including phenoxy) is 2. The van der Waals surface area contributed by atoms with Gasteiger partial charge in [-0.15, -0.1) is 0 Å². The summed E-state index contributed by atoms with van der Waals surface area (Å²) >= 11 is 0. The zero-order valence-electron chi connectivity index (χ0n) is 16.3. The molecule has 8 heteroatoms. The Bertz CT molecular complexity index is 943. The third-order valence-corrected chi connectivity index (χ3v) is 4.48. The first-order valence-corrected chi connectivity index (χ1v) is 9.43. The van der Waals surface area contributed by atoms with Crippen LogP contribution in [0.15, 0.2) is 71.9 Å². The highest BCUT2D eigenvalue weighted by atomic mass is 16.5. The summed E-state index contributed by atoms with van der Waals surface area (Å²) < 4.78 is 10.3. The van der Waals surface area contributed by atoms with Gasteiger partial charge in [-0.05, 0) is 18.1 Å². The van der Waals surface area contributed by atoms with Crippen LogP contribution in [0.4, 0.5) is 4.79 Å². The average molecular weight is 410 g/mol. The predicted octanol–water partition coefficient (Wildman–Crippen LogP) is 2.13. The molecule has 3 N–H and O–H groups in total. The molecule has 0 bridgehead atoms. The van der Waals surface area contributed by atoms with Crippen molar-refractivity contribution in [2.45, 2.75) is 19.1 Å². The highest BCUT2D eigenvalue weighted by molar-refractivity contribution is 5.95. The van der Waals surface area contributed by atoms with Crippen molar-refractivity contribution in [3.63, 3.8) is 0 Å². The Kier molecular flexibility index (Phi) is 6.82. The minimum absolute atomic E-state index is 0.0969. The Hall–Kier alpha value is -3.65. The van der Waals surface area contributed by atoms with E-state index < -0.39 is 36.7 Å². The lowest BCUT2D eigenvalue weighted by atomic mass is 9.95. The van der Waals surface area contributed by atoms with Crippen LogP contribution in [0.5, 0.6) is 0 Å². The number of amides is 2. The second-order valence-corrected chi connectivity index (χ2v) is 6.48. The summed E-state index contributed by atoms with van der Waals surface area (Å²) in [5, 5.41) is 15.4. The third-order valence-electron chi connectivity index (χ3n) is 4.48. The van der Waals surface area contributed by atoms with E-state index in [0.717, 1.165) is 0 Å². The zero-order valence-corrected chi connectivity index (χ0v) is 16.3. The Morgan fingerprint density at radius 3 is 2.30 bits per heavy atom. The van der Waals surface area contributed by atoms with Gasteiger partial charge >= 0.3 is 18.0 Å². The fourth-order valence-corrected chi connectivity index (χ4v) is 3.07. The molecule has 1 heterocycles. The number of hydrogen-bond acceptors (Lipinski definition) is 6. The molecular weight excluding hydrogens is 388 g/mol. The van der Waals surface area contributed by atoms with Gasteiger partial charge < -0.3 is 25.2 Å². The van der Waals surface area contributed by atoms with E-state index in [4.69, 9.17) is 9.47 Å². The molecule has 8 nitrogen and oxygen atoms in total. The normalized spacial score (nSPS) is 16.9. The van der Waals surface area contributed by atoms with Crippen LogP contribution in [-0.4, -0.2) is 36.3 Å². The summed E-state index contributed by atoms with van der Waals surface area (Å²) in [5.41, 5.74) is 1.27. The highest BCUT2D eigenvalue weighted by Crippen LogP contribution is 2.28. The quantitative estimate of drug-likeness (QED) is 0.603. The zero-order chi connectivity index (χ0) is 21.5. The van der Waals surface area contributed by atoms with Crippen molar-refractivity contribution >= 4 is 18.0 Å². The molecule has 156 valence electrons. The molecule has 2 aromatic carbocycles. The van der Waals surface area contributed by atoms with Crippen LogP contribution >= 0.6 is 0 Å². The van der Waals surface area contributed by atoms with Gasteiger partial charge in [0.1, 0.15) is 6.61 Å². The number of urea groups is 1. The summed E-state index contributed by atoms with van der Waals surface area (Å²) in [6, 6.07) is 15.9. The van der Waals surface area contributed by atoms with Crippen LogP contribution in [0, 0.1) is 0 Å². The van der Waals surface area contributed by atoms with Crippen LogP contribution in [0.25, 0.3) is 0 Å². The largest absolute Gasteiger partial charge is 0.463 e. The van der Waals surface area contributed by atoms with Gasteiger partial charge in [0.15, 0.2) is 6.10 Å². The maximum absolute atomic E-state index is 12.6. The molecule has 0 aliphatic carbocycles. The number of nitrogens with one attached hydrogen (secondary N) is 2. The van der Waals surface area contributed by atoms with Crippen LogP contribution < -0.4 is 10.6 Å². The molecule has 30 heavy (non-hydrogen) atoms. The van der Waals surface area contributed by atoms with Crippen molar-refractivity contribution in [1.29, 1.82) is 0 Å². The summed E-state index contributed by atoms with van der Waals surface area (Å²) in [7, 11) is 0. The molecule has 0 aromatic heterocycles. The molecule has 3 rings (SSSR count). The first-order valence-electron chi connectivity index (χ1n) is 9.43. The number of carbonyl (C=O) groups excluding carboxylic acids is 3. The van der Waals surface area contributed by atoms with E-state index in [2.05, 4.69) is 10.6 Å². The van der Waals surface area contributed by atoms with Gasteiger partial charge in [0.2, 0.25) is 0 Å². The standard InChI is InChI=1S/C22H22N2O6/c1-2-29-20(26)17-16(13-30-21(27)19(25)15-11-7-4-8-12-15)23-22(28)24-18(17)14-9-5-3-6-10-14/h3-12,18-19,25H,2,13H2,1H3,(H2,23,24,28)/t18-,19+/m0/s1. The highest BCUT2D eigenvalue weighted by Gasteiger charge is 2.34. The topological polar surface area (TPSA) is 114 Å². The number of aliphatic hydroxyl groups excluding tert-OH is 1. The molecule has 0 radical (unpaired) electrons. The van der Waals surface area contributed by atoms with Crippen molar-refractivity contribution in [3.05, 3.63) is 83.1 Å². The SMILES string of the molecule is CCOC(=O)C1=C(COC(=O)[C@H](O)c2ccccc2)NC(=O)N[C@H]1c1ccccc1. The lowest BCUT2D eigenvalue weighted by Gasteiger charge is -2.29. The van der Waals surface area contributed by atoms with E-state index in [0.29, 0.717) is 11.1 Å². The summed E-state index contributed by atoms with van der Waals surface area (Å²) in [6.45, 7) is 1.39.